The summed E-state index contributed by atoms with van der Waals surface area (Å²) in [6, 6.07) is -2.05. The minimum atomic E-state index is -4.23. The molecule has 0 aromatic carbocycles. The number of nitrogens with zero attached hydrogens (tertiary/aromatic N) is 2. The number of hydrogen-bond acceptors (Lipinski definition) is 4. The number of piperazine rings is 1. The molecular weight excluding hydrogens is 299 g/mol. The van der Waals surface area contributed by atoms with Crippen molar-refractivity contribution in [3.05, 3.63) is 0 Å². The van der Waals surface area contributed by atoms with Crippen molar-refractivity contribution >= 4 is 5.91 Å². The second-order valence-electron chi connectivity index (χ2n) is 6.05. The Morgan fingerprint density at radius 2 is 1.73 bits per heavy atom. The second-order valence-corrected chi connectivity index (χ2v) is 6.05. The molecule has 5 nitrogen and oxygen atoms in total. The van der Waals surface area contributed by atoms with E-state index in [0.29, 0.717) is 26.3 Å². The summed E-state index contributed by atoms with van der Waals surface area (Å²) < 4.78 is 43.4. The molecule has 1 amide bonds. The summed E-state index contributed by atoms with van der Waals surface area (Å²) in [4.78, 5) is 15.4. The number of carbonyl (C=O) groups is 1. The van der Waals surface area contributed by atoms with Gasteiger partial charge in [-0.25, -0.2) is 0 Å². The molecule has 0 aromatic heterocycles. The van der Waals surface area contributed by atoms with Crippen molar-refractivity contribution in [3.63, 3.8) is 0 Å². The van der Waals surface area contributed by atoms with E-state index in [1.165, 1.54) is 4.90 Å². The van der Waals surface area contributed by atoms with Crippen molar-refractivity contribution in [3.8, 4) is 0 Å². The van der Waals surface area contributed by atoms with Gasteiger partial charge >= 0.3 is 6.18 Å². The van der Waals surface area contributed by atoms with Crippen LogP contribution in [0.1, 0.15) is 19.8 Å². The van der Waals surface area contributed by atoms with Crippen LogP contribution in [0.25, 0.3) is 0 Å². The highest BCUT2D eigenvalue weighted by Crippen LogP contribution is 2.25. The lowest BCUT2D eigenvalue weighted by Crippen LogP contribution is -2.58. The molecule has 0 spiro atoms. The third kappa shape index (κ3) is 4.11. The molecule has 128 valence electrons. The summed E-state index contributed by atoms with van der Waals surface area (Å²) in [5.41, 5.74) is 6.05. The molecule has 2 rings (SSSR count). The van der Waals surface area contributed by atoms with Crippen molar-refractivity contribution in [1.82, 2.24) is 9.80 Å². The Morgan fingerprint density at radius 1 is 1.18 bits per heavy atom. The van der Waals surface area contributed by atoms with Crippen molar-refractivity contribution in [2.24, 2.45) is 11.7 Å². The fraction of sp³-hybridized carbons (Fsp3) is 0.929. The molecule has 2 unspecified atom stereocenters. The minimum Gasteiger partial charge on any atom is -0.381 e. The molecule has 0 aromatic rings. The fourth-order valence-electron chi connectivity index (χ4n) is 3.02. The summed E-state index contributed by atoms with van der Waals surface area (Å²) in [6.07, 6.45) is -2.71. The van der Waals surface area contributed by atoms with E-state index in [1.54, 1.807) is 4.90 Å². The number of alkyl halides is 3. The van der Waals surface area contributed by atoms with Gasteiger partial charge in [-0.1, -0.05) is 0 Å². The predicted molar refractivity (Wildman–Crippen MR) is 75.2 cm³/mol. The standard InChI is InChI=1S/C14H24F3N3O2/c1-10(14(15,16)17)19-4-6-20(7-5-19)13(21)12(18)11-2-8-22-9-3-11/h10-12H,2-9,18H2,1H3. The number of carbonyl (C=O) groups excluding carboxylic acids is 1. The molecule has 2 heterocycles. The van der Waals surface area contributed by atoms with Crippen molar-refractivity contribution < 1.29 is 22.7 Å². The smallest absolute Gasteiger partial charge is 0.381 e. The SMILES string of the molecule is CC(N1CCN(C(=O)C(N)C2CCOCC2)CC1)C(F)(F)F. The van der Waals surface area contributed by atoms with Gasteiger partial charge in [-0.3, -0.25) is 9.69 Å². The van der Waals surface area contributed by atoms with Crippen LogP contribution in [0.5, 0.6) is 0 Å². The monoisotopic (exact) mass is 323 g/mol. The number of ether oxygens (including phenoxy) is 1. The van der Waals surface area contributed by atoms with Crippen LogP contribution in [0, 0.1) is 5.92 Å². The highest BCUT2D eigenvalue weighted by Gasteiger charge is 2.41. The highest BCUT2D eigenvalue weighted by atomic mass is 19.4. The Morgan fingerprint density at radius 3 is 2.23 bits per heavy atom. The molecule has 2 fully saturated rings. The van der Waals surface area contributed by atoms with Crippen LogP contribution in [0.15, 0.2) is 0 Å². The van der Waals surface area contributed by atoms with Crippen molar-refractivity contribution in [2.75, 3.05) is 39.4 Å². The fourth-order valence-corrected chi connectivity index (χ4v) is 3.02. The Bertz CT molecular complexity index is 378. The maximum atomic E-state index is 12.7. The third-order valence-corrected chi connectivity index (χ3v) is 4.71. The first kappa shape index (κ1) is 17.5. The summed E-state index contributed by atoms with van der Waals surface area (Å²) >= 11 is 0. The number of hydrogen-bond donors (Lipinski definition) is 1. The number of halogens is 3. The van der Waals surface area contributed by atoms with E-state index in [2.05, 4.69) is 0 Å². The van der Waals surface area contributed by atoms with E-state index >= 15 is 0 Å². The zero-order valence-corrected chi connectivity index (χ0v) is 12.8. The van der Waals surface area contributed by atoms with Crippen LogP contribution in [-0.2, 0) is 9.53 Å². The number of amides is 1. The van der Waals surface area contributed by atoms with E-state index in [-0.39, 0.29) is 24.9 Å². The highest BCUT2D eigenvalue weighted by molar-refractivity contribution is 5.82. The Hall–Kier alpha value is -0.860. The van der Waals surface area contributed by atoms with Crippen molar-refractivity contribution in [1.29, 1.82) is 0 Å². The van der Waals surface area contributed by atoms with Crippen LogP contribution in [0.3, 0.4) is 0 Å². The molecule has 22 heavy (non-hydrogen) atoms. The normalized spacial score (nSPS) is 25.0. The first-order chi connectivity index (χ1) is 10.3. The molecule has 0 radical (unpaired) electrons. The average molecular weight is 323 g/mol. The molecule has 2 N–H and O–H groups in total. The second kappa shape index (κ2) is 7.14. The molecule has 2 aliphatic rings. The average Bonchev–Trinajstić information content (AvgIpc) is 2.53. The van der Waals surface area contributed by atoms with Gasteiger partial charge in [-0.2, -0.15) is 13.2 Å². The van der Waals surface area contributed by atoms with Crippen LogP contribution >= 0.6 is 0 Å². The zero-order valence-electron chi connectivity index (χ0n) is 12.8. The lowest BCUT2D eigenvalue weighted by molar-refractivity contribution is -0.183. The minimum absolute atomic E-state index is 0.105. The van der Waals surface area contributed by atoms with Gasteiger partial charge in [0.25, 0.3) is 0 Å². The molecule has 2 atom stereocenters. The largest absolute Gasteiger partial charge is 0.403 e. The lowest BCUT2D eigenvalue weighted by Gasteiger charge is -2.40. The van der Waals surface area contributed by atoms with Gasteiger partial charge in [0.15, 0.2) is 0 Å². The van der Waals surface area contributed by atoms with Gasteiger partial charge in [0.2, 0.25) is 5.91 Å². The quantitative estimate of drug-likeness (QED) is 0.836. The molecular formula is C14H24F3N3O2. The number of nitrogens with two attached hydrogens (primary N) is 1. The first-order valence-corrected chi connectivity index (χ1v) is 7.73. The summed E-state index contributed by atoms with van der Waals surface area (Å²) in [5.74, 6) is -0.0420. The Labute approximate surface area is 128 Å². The summed E-state index contributed by atoms with van der Waals surface area (Å²) in [6.45, 7) is 3.45. The van der Waals surface area contributed by atoms with Gasteiger partial charge in [-0.15, -0.1) is 0 Å². The molecule has 2 aliphatic heterocycles. The molecule has 0 bridgehead atoms. The van der Waals surface area contributed by atoms with Gasteiger partial charge in [0.1, 0.15) is 6.04 Å². The predicted octanol–water partition coefficient (Wildman–Crippen LogP) is 0.835. The maximum Gasteiger partial charge on any atom is 0.403 e. The van der Waals surface area contributed by atoms with Gasteiger partial charge in [0.05, 0.1) is 6.04 Å². The lowest BCUT2D eigenvalue weighted by atomic mass is 9.91. The van der Waals surface area contributed by atoms with E-state index < -0.39 is 18.3 Å². The van der Waals surface area contributed by atoms with Crippen LogP contribution < -0.4 is 5.73 Å². The molecule has 0 aliphatic carbocycles. The number of rotatable bonds is 3. The molecule has 0 saturated carbocycles. The van der Waals surface area contributed by atoms with Crippen LogP contribution in [-0.4, -0.2) is 73.4 Å². The van der Waals surface area contributed by atoms with Gasteiger partial charge in [-0.05, 0) is 25.7 Å². The molecule has 2 saturated heterocycles. The van der Waals surface area contributed by atoms with E-state index in [0.717, 1.165) is 19.8 Å². The van der Waals surface area contributed by atoms with Gasteiger partial charge in [0, 0.05) is 39.4 Å². The van der Waals surface area contributed by atoms with Crippen molar-refractivity contribution in [2.45, 2.75) is 38.0 Å². The maximum absolute atomic E-state index is 12.7. The van der Waals surface area contributed by atoms with E-state index in [4.69, 9.17) is 10.5 Å². The third-order valence-electron chi connectivity index (χ3n) is 4.71. The van der Waals surface area contributed by atoms with E-state index in [1.807, 2.05) is 0 Å². The molecule has 8 heteroatoms. The Kier molecular flexibility index (Phi) is 5.68. The topological polar surface area (TPSA) is 58.8 Å². The zero-order chi connectivity index (χ0) is 16.3. The van der Waals surface area contributed by atoms with Gasteiger partial charge < -0.3 is 15.4 Å². The first-order valence-electron chi connectivity index (χ1n) is 7.73. The van der Waals surface area contributed by atoms with Crippen LogP contribution in [0.4, 0.5) is 13.2 Å². The van der Waals surface area contributed by atoms with Crippen LogP contribution in [0.2, 0.25) is 0 Å². The summed E-state index contributed by atoms with van der Waals surface area (Å²) in [5, 5.41) is 0. The Balaban J connectivity index is 1.84. The summed E-state index contributed by atoms with van der Waals surface area (Å²) in [7, 11) is 0. The van der Waals surface area contributed by atoms with E-state index in [9.17, 15) is 18.0 Å².